The van der Waals surface area contributed by atoms with E-state index in [0.29, 0.717) is 12.0 Å². The van der Waals surface area contributed by atoms with Crippen molar-refractivity contribution in [2.24, 2.45) is 10.1 Å². The molecule has 98 valence electrons. The van der Waals surface area contributed by atoms with E-state index in [2.05, 4.69) is 15.0 Å². The van der Waals surface area contributed by atoms with Gasteiger partial charge in [-0.3, -0.25) is 9.79 Å². The van der Waals surface area contributed by atoms with Crippen molar-refractivity contribution in [1.82, 2.24) is 0 Å². The zero-order valence-corrected chi connectivity index (χ0v) is 10.5. The van der Waals surface area contributed by atoms with Crippen LogP contribution in [0.15, 0.2) is 28.3 Å². The maximum atomic E-state index is 11.7. The van der Waals surface area contributed by atoms with E-state index in [4.69, 9.17) is 5.21 Å². The summed E-state index contributed by atoms with van der Waals surface area (Å²) in [6.45, 7) is 1.66. The molecule has 5 heteroatoms. The predicted molar refractivity (Wildman–Crippen MR) is 74.2 cm³/mol. The quantitative estimate of drug-likeness (QED) is 0.620. The van der Waals surface area contributed by atoms with Gasteiger partial charge >= 0.3 is 0 Å². The Morgan fingerprint density at radius 1 is 1.26 bits per heavy atom. The molecule has 3 rings (SSSR count). The molecule has 0 unspecified atom stereocenters. The molecule has 1 N–H and O–H groups in total. The molecule has 0 amide bonds. The molecule has 2 aliphatic rings. The van der Waals surface area contributed by atoms with Crippen molar-refractivity contribution in [3.8, 4) is 0 Å². The molecule has 0 saturated carbocycles. The Bertz CT molecular complexity index is 568. The monoisotopic (exact) mass is 257 g/mol. The molecule has 1 aromatic rings. The van der Waals surface area contributed by atoms with Gasteiger partial charge in [-0.2, -0.15) is 0 Å². The van der Waals surface area contributed by atoms with Crippen LogP contribution in [0.5, 0.6) is 0 Å². The van der Waals surface area contributed by atoms with Crippen LogP contribution < -0.4 is 4.90 Å². The number of Topliss-reactive ketones (excluding diaryl/α,β-unsaturated/α-hetero) is 1. The number of aliphatic imine (C=N–C) groups is 1. The van der Waals surface area contributed by atoms with Crippen molar-refractivity contribution < 1.29 is 10.0 Å². The lowest BCUT2D eigenvalue weighted by atomic mass is 10.0. The van der Waals surface area contributed by atoms with Crippen molar-refractivity contribution in [1.29, 1.82) is 0 Å². The molecule has 0 bridgehead atoms. The van der Waals surface area contributed by atoms with E-state index < -0.39 is 0 Å². The summed E-state index contributed by atoms with van der Waals surface area (Å²) >= 11 is 0. The zero-order valence-electron chi connectivity index (χ0n) is 10.5. The first-order valence-electron chi connectivity index (χ1n) is 6.42. The van der Waals surface area contributed by atoms with Gasteiger partial charge in [-0.15, -0.1) is 0 Å². The van der Waals surface area contributed by atoms with Gasteiger partial charge in [0, 0.05) is 49.8 Å². The molecule has 19 heavy (non-hydrogen) atoms. The molecule has 5 nitrogen and oxygen atoms in total. The van der Waals surface area contributed by atoms with Gasteiger partial charge in [0.1, 0.15) is 0 Å². The molecule has 0 spiro atoms. The minimum Gasteiger partial charge on any atom is -0.411 e. The Morgan fingerprint density at radius 3 is 2.79 bits per heavy atom. The van der Waals surface area contributed by atoms with E-state index in [1.807, 2.05) is 18.2 Å². The van der Waals surface area contributed by atoms with E-state index in [9.17, 15) is 4.79 Å². The fourth-order valence-corrected chi connectivity index (χ4v) is 2.52. The highest BCUT2D eigenvalue weighted by Crippen LogP contribution is 2.30. The second-order valence-electron chi connectivity index (χ2n) is 4.79. The highest BCUT2D eigenvalue weighted by molar-refractivity contribution is 6.10. The third-order valence-electron chi connectivity index (χ3n) is 3.64. The predicted octanol–water partition coefficient (Wildman–Crippen LogP) is 2.41. The first-order valence-corrected chi connectivity index (χ1v) is 6.42. The van der Waals surface area contributed by atoms with Crippen LogP contribution in [0.4, 0.5) is 11.4 Å². The SMILES string of the molecule is O=C1CC=Nc2cc(N3CCC(=NO)CC3)ccc21. The normalized spacial score (nSPS) is 18.4. The molecule has 1 saturated heterocycles. The summed E-state index contributed by atoms with van der Waals surface area (Å²) in [5, 5.41) is 12.0. The number of rotatable bonds is 1. The number of nitrogens with zero attached hydrogens (tertiary/aromatic N) is 3. The highest BCUT2D eigenvalue weighted by atomic mass is 16.4. The molecule has 2 heterocycles. The highest BCUT2D eigenvalue weighted by Gasteiger charge is 2.19. The first-order chi connectivity index (χ1) is 9.28. The van der Waals surface area contributed by atoms with Gasteiger partial charge in [0.15, 0.2) is 5.78 Å². The maximum Gasteiger partial charge on any atom is 0.170 e. The van der Waals surface area contributed by atoms with E-state index in [-0.39, 0.29) is 5.78 Å². The second kappa shape index (κ2) is 4.84. The minimum absolute atomic E-state index is 0.130. The smallest absolute Gasteiger partial charge is 0.170 e. The van der Waals surface area contributed by atoms with Gasteiger partial charge in [-0.25, -0.2) is 0 Å². The molecule has 0 aliphatic carbocycles. The standard InChI is InChI=1S/C14H15N3O2/c18-14-3-6-15-13-9-11(1-2-12(13)14)17-7-4-10(16-19)5-8-17/h1-2,6,9,19H,3-5,7-8H2. The Balaban J connectivity index is 1.84. The van der Waals surface area contributed by atoms with Crippen molar-refractivity contribution in [2.45, 2.75) is 19.3 Å². The summed E-state index contributed by atoms with van der Waals surface area (Å²) in [7, 11) is 0. The van der Waals surface area contributed by atoms with Crippen LogP contribution in [-0.4, -0.2) is 36.0 Å². The van der Waals surface area contributed by atoms with Crippen molar-refractivity contribution in [3.05, 3.63) is 23.8 Å². The third kappa shape index (κ3) is 2.23. The molecule has 1 aromatic carbocycles. The van der Waals surface area contributed by atoms with E-state index in [0.717, 1.165) is 43.0 Å². The fourth-order valence-electron chi connectivity index (χ4n) is 2.52. The number of hydrogen-bond donors (Lipinski definition) is 1. The Kier molecular flexibility index (Phi) is 3.03. The molecular weight excluding hydrogens is 242 g/mol. The Labute approximate surface area is 111 Å². The number of benzene rings is 1. The summed E-state index contributed by atoms with van der Waals surface area (Å²) in [6.07, 6.45) is 3.61. The number of carbonyl (C=O) groups is 1. The third-order valence-corrected chi connectivity index (χ3v) is 3.64. The number of anilines is 1. The second-order valence-corrected chi connectivity index (χ2v) is 4.79. The Hall–Kier alpha value is -2.17. The van der Waals surface area contributed by atoms with E-state index in [1.54, 1.807) is 6.21 Å². The summed E-state index contributed by atoms with van der Waals surface area (Å²) in [5.41, 5.74) is 3.39. The van der Waals surface area contributed by atoms with Gasteiger partial charge in [-0.05, 0) is 18.2 Å². The van der Waals surface area contributed by atoms with Gasteiger partial charge in [0.05, 0.1) is 11.4 Å². The molecule has 0 radical (unpaired) electrons. The van der Waals surface area contributed by atoms with Gasteiger partial charge < -0.3 is 10.1 Å². The lowest BCUT2D eigenvalue weighted by molar-refractivity contribution is 0.100. The number of piperidine rings is 1. The summed E-state index contributed by atoms with van der Waals surface area (Å²) < 4.78 is 0. The van der Waals surface area contributed by atoms with Gasteiger partial charge in [-0.1, -0.05) is 5.16 Å². The molecule has 2 aliphatic heterocycles. The number of ketones is 1. The van der Waals surface area contributed by atoms with Crippen LogP contribution in [-0.2, 0) is 0 Å². The average molecular weight is 257 g/mol. The van der Waals surface area contributed by atoms with Crippen LogP contribution >= 0.6 is 0 Å². The fraction of sp³-hybridized carbons (Fsp3) is 0.357. The number of carbonyl (C=O) groups excluding carboxylic acids is 1. The summed E-state index contributed by atoms with van der Waals surface area (Å²) in [5.74, 6) is 0.130. The molecule has 0 aromatic heterocycles. The van der Waals surface area contributed by atoms with Crippen LogP contribution in [0.2, 0.25) is 0 Å². The Morgan fingerprint density at radius 2 is 2.05 bits per heavy atom. The summed E-state index contributed by atoms with van der Waals surface area (Å²) in [6, 6.07) is 5.79. The van der Waals surface area contributed by atoms with Crippen LogP contribution in [0.25, 0.3) is 0 Å². The lowest BCUT2D eigenvalue weighted by Gasteiger charge is -2.29. The first kappa shape index (κ1) is 11.9. The van der Waals surface area contributed by atoms with E-state index >= 15 is 0 Å². The molecular formula is C14H15N3O2. The largest absolute Gasteiger partial charge is 0.411 e. The average Bonchev–Trinajstić information content (AvgIpc) is 2.47. The number of fused-ring (bicyclic) bond motifs is 1. The zero-order chi connectivity index (χ0) is 13.2. The topological polar surface area (TPSA) is 65.3 Å². The van der Waals surface area contributed by atoms with E-state index in [1.165, 1.54) is 0 Å². The maximum absolute atomic E-state index is 11.7. The van der Waals surface area contributed by atoms with Gasteiger partial charge in [0.25, 0.3) is 0 Å². The van der Waals surface area contributed by atoms with Crippen LogP contribution in [0, 0.1) is 0 Å². The number of hydrogen-bond acceptors (Lipinski definition) is 5. The molecule has 0 atom stereocenters. The molecule has 1 fully saturated rings. The van der Waals surface area contributed by atoms with Crippen LogP contribution in [0.1, 0.15) is 29.6 Å². The van der Waals surface area contributed by atoms with Crippen molar-refractivity contribution in [2.75, 3.05) is 18.0 Å². The minimum atomic E-state index is 0.130. The number of oxime groups is 1. The van der Waals surface area contributed by atoms with Crippen molar-refractivity contribution >= 4 is 29.1 Å². The van der Waals surface area contributed by atoms with Crippen LogP contribution in [0.3, 0.4) is 0 Å². The van der Waals surface area contributed by atoms with Gasteiger partial charge in [0.2, 0.25) is 0 Å². The lowest BCUT2D eigenvalue weighted by Crippen LogP contribution is -2.33. The van der Waals surface area contributed by atoms with Crippen molar-refractivity contribution in [3.63, 3.8) is 0 Å². The summed E-state index contributed by atoms with van der Waals surface area (Å²) in [4.78, 5) is 18.2.